The number of aromatic nitrogens is 3. The highest BCUT2D eigenvalue weighted by Crippen LogP contribution is 2.19. The van der Waals surface area contributed by atoms with Crippen molar-refractivity contribution in [2.24, 2.45) is 0 Å². The van der Waals surface area contributed by atoms with Gasteiger partial charge in [0.25, 0.3) is 5.56 Å². The van der Waals surface area contributed by atoms with Crippen molar-refractivity contribution in [3.63, 3.8) is 0 Å². The first-order valence-corrected chi connectivity index (χ1v) is 6.66. The number of pyridine rings is 1. The van der Waals surface area contributed by atoms with Crippen molar-refractivity contribution in [1.29, 1.82) is 0 Å². The lowest BCUT2D eigenvalue weighted by Gasteiger charge is -2.15. The molecule has 0 aliphatic heterocycles. The third kappa shape index (κ3) is 2.90. The molecule has 0 fully saturated rings. The zero-order valence-corrected chi connectivity index (χ0v) is 12.7. The van der Waals surface area contributed by atoms with E-state index in [1.807, 2.05) is 0 Å². The first-order valence-electron chi connectivity index (χ1n) is 6.66. The average Bonchev–Trinajstić information content (AvgIpc) is 2.44. The zero-order chi connectivity index (χ0) is 16.4. The lowest BCUT2D eigenvalue weighted by Crippen LogP contribution is -2.26. The van der Waals surface area contributed by atoms with Crippen LogP contribution in [0.4, 0.5) is 11.6 Å². The quantitative estimate of drug-likeness (QED) is 0.734. The number of anilines is 2. The number of nitrogen functional groups attached to an aromatic ring is 2. The van der Waals surface area contributed by atoms with Crippen molar-refractivity contribution in [1.82, 2.24) is 19.9 Å². The van der Waals surface area contributed by atoms with E-state index in [0.29, 0.717) is 23.6 Å². The summed E-state index contributed by atoms with van der Waals surface area (Å²) in [5, 5.41) is 2.70. The van der Waals surface area contributed by atoms with E-state index < -0.39 is 5.56 Å². The monoisotopic (exact) mass is 302 g/mol. The number of nitrogens with two attached hydrogens (primary N) is 2. The van der Waals surface area contributed by atoms with Crippen LogP contribution in [0.1, 0.15) is 23.9 Å². The predicted octanol–water partition coefficient (Wildman–Crippen LogP) is 0.0448. The first kappa shape index (κ1) is 15.5. The largest absolute Gasteiger partial charge is 0.382 e. The predicted molar refractivity (Wildman–Crippen MR) is 83.4 cm³/mol. The van der Waals surface area contributed by atoms with Crippen LogP contribution in [0, 0.1) is 13.8 Å². The summed E-state index contributed by atoms with van der Waals surface area (Å²) in [6.45, 7) is 5.24. The normalized spacial score (nSPS) is 10.5. The second-order valence-corrected chi connectivity index (χ2v) is 4.97. The van der Waals surface area contributed by atoms with Gasteiger partial charge < -0.3 is 16.8 Å². The summed E-state index contributed by atoms with van der Waals surface area (Å²) >= 11 is 0. The molecular weight excluding hydrogens is 284 g/mol. The van der Waals surface area contributed by atoms with Crippen LogP contribution in [0.25, 0.3) is 5.69 Å². The Bertz CT molecular complexity index is 797. The molecule has 2 rings (SSSR count). The molecule has 0 aliphatic rings. The number of nitrogens with zero attached hydrogens (tertiary/aromatic N) is 3. The molecule has 0 aliphatic carbocycles. The number of aryl methyl sites for hydroxylation is 2. The highest BCUT2D eigenvalue weighted by atomic mass is 16.1. The standard InChI is InChI=1S/C14H18N6O2/c1-7-5-18-13(16)14(22)20(7)11-4-10(6-17-9(3)21)8(2)19-12(11)15/h4-5H,6H2,1-3H3,(H2,15,19)(H2,16,18)(H,17,21). The van der Waals surface area contributed by atoms with Crippen molar-refractivity contribution in [3.05, 3.63) is 39.6 Å². The van der Waals surface area contributed by atoms with E-state index in [4.69, 9.17) is 11.5 Å². The van der Waals surface area contributed by atoms with Crippen LogP contribution < -0.4 is 22.3 Å². The Morgan fingerprint density at radius 1 is 1.32 bits per heavy atom. The number of nitrogens with one attached hydrogen (secondary N) is 1. The second-order valence-electron chi connectivity index (χ2n) is 4.97. The summed E-state index contributed by atoms with van der Waals surface area (Å²) in [5.74, 6) is -0.0619. The fourth-order valence-electron chi connectivity index (χ4n) is 2.08. The van der Waals surface area contributed by atoms with Crippen molar-refractivity contribution < 1.29 is 4.79 Å². The number of rotatable bonds is 3. The number of amides is 1. The Morgan fingerprint density at radius 3 is 2.64 bits per heavy atom. The van der Waals surface area contributed by atoms with Crippen LogP contribution in [-0.4, -0.2) is 20.4 Å². The van der Waals surface area contributed by atoms with Gasteiger partial charge in [-0.2, -0.15) is 0 Å². The van der Waals surface area contributed by atoms with Crippen LogP contribution in [0.5, 0.6) is 0 Å². The maximum Gasteiger partial charge on any atom is 0.297 e. The molecular formula is C14H18N6O2. The molecule has 0 atom stereocenters. The van der Waals surface area contributed by atoms with Crippen LogP contribution >= 0.6 is 0 Å². The van der Waals surface area contributed by atoms with Gasteiger partial charge in [0.05, 0.1) is 5.69 Å². The average molecular weight is 302 g/mol. The topological polar surface area (TPSA) is 129 Å². The number of carbonyl (C=O) groups is 1. The lowest BCUT2D eigenvalue weighted by atomic mass is 10.1. The zero-order valence-electron chi connectivity index (χ0n) is 12.7. The molecule has 1 amide bonds. The second kappa shape index (κ2) is 5.84. The van der Waals surface area contributed by atoms with Gasteiger partial charge >= 0.3 is 0 Å². The third-order valence-electron chi connectivity index (χ3n) is 3.26. The first-order chi connectivity index (χ1) is 10.3. The van der Waals surface area contributed by atoms with Gasteiger partial charge in [0.2, 0.25) is 5.91 Å². The fourth-order valence-corrected chi connectivity index (χ4v) is 2.08. The molecule has 2 aromatic rings. The van der Waals surface area contributed by atoms with Crippen LogP contribution in [-0.2, 0) is 11.3 Å². The van der Waals surface area contributed by atoms with Gasteiger partial charge in [0, 0.05) is 31.1 Å². The molecule has 22 heavy (non-hydrogen) atoms. The Hall–Kier alpha value is -2.90. The maximum atomic E-state index is 12.2. The van der Waals surface area contributed by atoms with Crippen molar-refractivity contribution in [2.75, 3.05) is 11.5 Å². The molecule has 2 aromatic heterocycles. The Balaban J connectivity index is 2.61. The Kier molecular flexibility index (Phi) is 4.11. The highest BCUT2D eigenvalue weighted by Gasteiger charge is 2.14. The summed E-state index contributed by atoms with van der Waals surface area (Å²) in [7, 11) is 0. The van der Waals surface area contributed by atoms with E-state index in [1.165, 1.54) is 17.7 Å². The summed E-state index contributed by atoms with van der Waals surface area (Å²) in [4.78, 5) is 31.4. The summed E-state index contributed by atoms with van der Waals surface area (Å²) in [5.41, 5.74) is 13.5. The minimum Gasteiger partial charge on any atom is -0.382 e. The van der Waals surface area contributed by atoms with E-state index in [-0.39, 0.29) is 17.5 Å². The molecule has 8 heteroatoms. The van der Waals surface area contributed by atoms with Crippen LogP contribution in [0.2, 0.25) is 0 Å². The van der Waals surface area contributed by atoms with Gasteiger partial charge in [0.15, 0.2) is 5.82 Å². The summed E-state index contributed by atoms with van der Waals surface area (Å²) in [6, 6.07) is 1.72. The summed E-state index contributed by atoms with van der Waals surface area (Å²) < 4.78 is 1.36. The van der Waals surface area contributed by atoms with Gasteiger partial charge in [-0.3, -0.25) is 14.2 Å². The van der Waals surface area contributed by atoms with Crippen molar-refractivity contribution in [2.45, 2.75) is 27.3 Å². The number of hydrogen-bond donors (Lipinski definition) is 3. The van der Waals surface area contributed by atoms with Gasteiger partial charge in [-0.1, -0.05) is 0 Å². The SMILES string of the molecule is CC(=O)NCc1cc(-n2c(C)cnc(N)c2=O)c(N)nc1C. The number of carbonyl (C=O) groups excluding carboxylic acids is 1. The minimum absolute atomic E-state index is 0.117. The van der Waals surface area contributed by atoms with Crippen molar-refractivity contribution >= 4 is 17.5 Å². The van der Waals surface area contributed by atoms with E-state index in [9.17, 15) is 9.59 Å². The van der Waals surface area contributed by atoms with E-state index in [0.717, 1.165) is 5.56 Å². The van der Waals surface area contributed by atoms with E-state index in [1.54, 1.807) is 19.9 Å². The lowest BCUT2D eigenvalue weighted by molar-refractivity contribution is -0.119. The highest BCUT2D eigenvalue weighted by molar-refractivity contribution is 5.73. The van der Waals surface area contributed by atoms with E-state index >= 15 is 0 Å². The molecule has 8 nitrogen and oxygen atoms in total. The molecule has 116 valence electrons. The van der Waals surface area contributed by atoms with Gasteiger partial charge in [-0.05, 0) is 25.5 Å². The van der Waals surface area contributed by atoms with Gasteiger partial charge in [-0.25, -0.2) is 9.97 Å². The van der Waals surface area contributed by atoms with Gasteiger partial charge in [0.1, 0.15) is 5.82 Å². The molecule has 0 saturated heterocycles. The molecule has 0 bridgehead atoms. The molecule has 0 radical (unpaired) electrons. The Morgan fingerprint density at radius 2 is 2.00 bits per heavy atom. The Labute approximate surface area is 127 Å². The van der Waals surface area contributed by atoms with Crippen molar-refractivity contribution in [3.8, 4) is 5.69 Å². The molecule has 0 aromatic carbocycles. The van der Waals surface area contributed by atoms with Gasteiger partial charge in [-0.15, -0.1) is 0 Å². The molecule has 0 saturated carbocycles. The molecule has 2 heterocycles. The molecule has 0 spiro atoms. The minimum atomic E-state index is -0.456. The van der Waals surface area contributed by atoms with E-state index in [2.05, 4.69) is 15.3 Å². The fraction of sp³-hybridized carbons (Fsp3) is 0.286. The molecule has 5 N–H and O–H groups in total. The summed E-state index contributed by atoms with van der Waals surface area (Å²) in [6.07, 6.45) is 1.49. The smallest absolute Gasteiger partial charge is 0.297 e. The van der Waals surface area contributed by atoms with Crippen LogP contribution in [0.15, 0.2) is 17.1 Å². The third-order valence-corrected chi connectivity index (χ3v) is 3.26. The van der Waals surface area contributed by atoms with Crippen LogP contribution in [0.3, 0.4) is 0 Å². The molecule has 0 unspecified atom stereocenters. The maximum absolute atomic E-state index is 12.2. The number of hydrogen-bond acceptors (Lipinski definition) is 6.